The van der Waals surface area contributed by atoms with Gasteiger partial charge in [0, 0.05) is 18.1 Å². The monoisotopic (exact) mass is 226 g/mol. The predicted octanol–water partition coefficient (Wildman–Crippen LogP) is 0.923. The molecule has 2 fully saturated rings. The van der Waals surface area contributed by atoms with Crippen LogP contribution in [-0.4, -0.2) is 48.2 Å². The minimum absolute atomic E-state index is 0.153. The Morgan fingerprint density at radius 2 is 2.12 bits per heavy atom. The average Bonchev–Trinajstić information content (AvgIpc) is 2.05. The molecule has 2 aliphatic carbocycles. The smallest absolute Gasteiger partial charge is 0.308 e. The average molecular weight is 226 g/mol. The van der Waals surface area contributed by atoms with Crippen molar-refractivity contribution < 1.29 is 9.90 Å². The molecule has 2 rings (SSSR count). The second kappa shape index (κ2) is 4.34. The van der Waals surface area contributed by atoms with E-state index in [2.05, 4.69) is 24.3 Å². The standard InChI is InChI=1S/C12H22N2O2/c1-14(2)12(6-3-7-12)8-13-10-5-4-9(10)11(15)16/h9-10,13H,3-8H2,1-2H3,(H,15,16). The van der Waals surface area contributed by atoms with Gasteiger partial charge >= 0.3 is 5.97 Å². The summed E-state index contributed by atoms with van der Waals surface area (Å²) in [5.74, 6) is -0.796. The van der Waals surface area contributed by atoms with E-state index < -0.39 is 5.97 Å². The molecule has 4 nitrogen and oxygen atoms in total. The molecule has 0 aromatic rings. The SMILES string of the molecule is CN(C)C1(CNC2CCC2C(=O)O)CCC1. The zero-order valence-electron chi connectivity index (χ0n) is 10.2. The molecule has 0 aromatic carbocycles. The Morgan fingerprint density at radius 1 is 1.44 bits per heavy atom. The van der Waals surface area contributed by atoms with Gasteiger partial charge < -0.3 is 15.3 Å². The molecule has 2 N–H and O–H groups in total. The summed E-state index contributed by atoms with van der Waals surface area (Å²) < 4.78 is 0. The Bertz CT molecular complexity index is 274. The fourth-order valence-electron chi connectivity index (χ4n) is 2.73. The largest absolute Gasteiger partial charge is 0.481 e. The first-order chi connectivity index (χ1) is 7.55. The van der Waals surface area contributed by atoms with Gasteiger partial charge in [0.25, 0.3) is 0 Å². The Labute approximate surface area is 97.0 Å². The maximum absolute atomic E-state index is 10.9. The molecule has 2 atom stereocenters. The number of nitrogens with one attached hydrogen (secondary N) is 1. The van der Waals surface area contributed by atoms with Gasteiger partial charge in [0.1, 0.15) is 0 Å². The minimum atomic E-state index is -0.642. The van der Waals surface area contributed by atoms with Crippen molar-refractivity contribution >= 4 is 5.97 Å². The van der Waals surface area contributed by atoms with Crippen molar-refractivity contribution in [2.45, 2.75) is 43.7 Å². The molecule has 0 heterocycles. The molecule has 0 spiro atoms. The van der Waals surface area contributed by atoms with Crippen molar-refractivity contribution in [3.05, 3.63) is 0 Å². The number of carboxylic acid groups (broad SMARTS) is 1. The molecule has 2 aliphatic rings. The molecule has 0 saturated heterocycles. The Balaban J connectivity index is 1.81. The van der Waals surface area contributed by atoms with Crippen LogP contribution >= 0.6 is 0 Å². The number of likely N-dealkylation sites (N-methyl/N-ethyl adjacent to an activating group) is 1. The Hall–Kier alpha value is -0.610. The van der Waals surface area contributed by atoms with Gasteiger partial charge in [-0.1, -0.05) is 0 Å². The summed E-state index contributed by atoms with van der Waals surface area (Å²) in [6, 6.07) is 0.204. The summed E-state index contributed by atoms with van der Waals surface area (Å²) in [7, 11) is 4.24. The van der Waals surface area contributed by atoms with Gasteiger partial charge in [0.05, 0.1) is 5.92 Å². The lowest BCUT2D eigenvalue weighted by atomic mass is 9.74. The van der Waals surface area contributed by atoms with E-state index >= 15 is 0 Å². The highest BCUT2D eigenvalue weighted by atomic mass is 16.4. The molecular formula is C12H22N2O2. The number of aliphatic carboxylic acids is 1. The van der Waals surface area contributed by atoms with Crippen LogP contribution in [0.15, 0.2) is 0 Å². The van der Waals surface area contributed by atoms with E-state index in [0.29, 0.717) is 5.54 Å². The third kappa shape index (κ3) is 1.96. The van der Waals surface area contributed by atoms with Crippen molar-refractivity contribution in [3.8, 4) is 0 Å². The molecule has 0 amide bonds. The third-order valence-corrected chi connectivity index (χ3v) is 4.52. The second-order valence-electron chi connectivity index (χ2n) is 5.48. The Morgan fingerprint density at radius 3 is 2.44 bits per heavy atom. The second-order valence-corrected chi connectivity index (χ2v) is 5.48. The molecule has 0 radical (unpaired) electrons. The number of rotatable bonds is 5. The fourth-order valence-corrected chi connectivity index (χ4v) is 2.73. The van der Waals surface area contributed by atoms with Crippen LogP contribution in [0.25, 0.3) is 0 Å². The van der Waals surface area contributed by atoms with Crippen LogP contribution in [0.3, 0.4) is 0 Å². The number of carbonyl (C=O) groups is 1. The van der Waals surface area contributed by atoms with E-state index in [1.54, 1.807) is 0 Å². The zero-order valence-corrected chi connectivity index (χ0v) is 10.2. The van der Waals surface area contributed by atoms with Crippen LogP contribution in [0.4, 0.5) is 0 Å². The van der Waals surface area contributed by atoms with Crippen molar-refractivity contribution in [1.29, 1.82) is 0 Å². The van der Waals surface area contributed by atoms with Gasteiger partial charge in [-0.2, -0.15) is 0 Å². The van der Waals surface area contributed by atoms with Crippen LogP contribution in [0.1, 0.15) is 32.1 Å². The molecular weight excluding hydrogens is 204 g/mol. The quantitative estimate of drug-likeness (QED) is 0.732. The molecule has 4 heteroatoms. The highest BCUT2D eigenvalue weighted by Gasteiger charge is 2.42. The van der Waals surface area contributed by atoms with E-state index in [1.807, 2.05) is 0 Å². The molecule has 2 saturated carbocycles. The maximum atomic E-state index is 10.9. The summed E-state index contributed by atoms with van der Waals surface area (Å²) in [6.45, 7) is 0.939. The third-order valence-electron chi connectivity index (χ3n) is 4.52. The first-order valence-electron chi connectivity index (χ1n) is 6.19. The summed E-state index contributed by atoms with van der Waals surface area (Å²) in [4.78, 5) is 13.2. The summed E-state index contributed by atoms with van der Waals surface area (Å²) in [5.41, 5.74) is 0.290. The first kappa shape index (κ1) is 11.9. The number of hydrogen-bond acceptors (Lipinski definition) is 3. The first-order valence-corrected chi connectivity index (χ1v) is 6.19. The van der Waals surface area contributed by atoms with Gasteiger partial charge in [-0.3, -0.25) is 4.79 Å². The lowest BCUT2D eigenvalue weighted by Crippen LogP contribution is -2.60. The van der Waals surface area contributed by atoms with Crippen molar-refractivity contribution in [2.75, 3.05) is 20.6 Å². The molecule has 0 bridgehead atoms. The van der Waals surface area contributed by atoms with Gasteiger partial charge in [-0.05, 0) is 46.2 Å². The summed E-state index contributed by atoms with van der Waals surface area (Å²) >= 11 is 0. The van der Waals surface area contributed by atoms with Gasteiger partial charge in [0.2, 0.25) is 0 Å². The lowest BCUT2D eigenvalue weighted by Gasteiger charge is -2.49. The number of hydrogen-bond donors (Lipinski definition) is 2. The molecule has 16 heavy (non-hydrogen) atoms. The van der Waals surface area contributed by atoms with Crippen LogP contribution in [0, 0.1) is 5.92 Å². The predicted molar refractivity (Wildman–Crippen MR) is 62.4 cm³/mol. The summed E-state index contributed by atoms with van der Waals surface area (Å²) in [6.07, 6.45) is 5.62. The zero-order chi connectivity index (χ0) is 11.8. The van der Waals surface area contributed by atoms with E-state index in [4.69, 9.17) is 5.11 Å². The van der Waals surface area contributed by atoms with Crippen LogP contribution in [0.5, 0.6) is 0 Å². The van der Waals surface area contributed by atoms with E-state index in [0.717, 1.165) is 19.4 Å². The van der Waals surface area contributed by atoms with E-state index in [-0.39, 0.29) is 12.0 Å². The molecule has 0 aromatic heterocycles. The summed E-state index contributed by atoms with van der Waals surface area (Å²) in [5, 5.41) is 12.4. The topological polar surface area (TPSA) is 52.6 Å². The van der Waals surface area contributed by atoms with Gasteiger partial charge in [-0.15, -0.1) is 0 Å². The normalized spacial score (nSPS) is 31.9. The van der Waals surface area contributed by atoms with Crippen molar-refractivity contribution in [2.24, 2.45) is 5.92 Å². The van der Waals surface area contributed by atoms with Crippen LogP contribution in [-0.2, 0) is 4.79 Å². The number of carboxylic acids is 1. The molecule has 2 unspecified atom stereocenters. The highest BCUT2D eigenvalue weighted by molar-refractivity contribution is 5.72. The fraction of sp³-hybridized carbons (Fsp3) is 0.917. The van der Waals surface area contributed by atoms with E-state index in [1.165, 1.54) is 19.3 Å². The minimum Gasteiger partial charge on any atom is -0.481 e. The molecule has 0 aliphatic heterocycles. The Kier molecular flexibility index (Phi) is 3.22. The molecule has 92 valence electrons. The maximum Gasteiger partial charge on any atom is 0.308 e. The number of nitrogens with zero attached hydrogens (tertiary/aromatic N) is 1. The highest BCUT2D eigenvalue weighted by Crippen LogP contribution is 2.36. The van der Waals surface area contributed by atoms with E-state index in [9.17, 15) is 4.79 Å². The van der Waals surface area contributed by atoms with Crippen molar-refractivity contribution in [3.63, 3.8) is 0 Å². The van der Waals surface area contributed by atoms with Crippen LogP contribution < -0.4 is 5.32 Å². The van der Waals surface area contributed by atoms with Gasteiger partial charge in [-0.25, -0.2) is 0 Å². The van der Waals surface area contributed by atoms with Gasteiger partial charge in [0.15, 0.2) is 0 Å². The van der Waals surface area contributed by atoms with Crippen molar-refractivity contribution in [1.82, 2.24) is 10.2 Å². The lowest BCUT2D eigenvalue weighted by molar-refractivity contribution is -0.146. The van der Waals surface area contributed by atoms with Crippen LogP contribution in [0.2, 0.25) is 0 Å².